The number of aromatic nitrogens is 2. The maximum absolute atomic E-state index is 11.2. The zero-order chi connectivity index (χ0) is 11.3. The minimum atomic E-state index is -0.727. The Morgan fingerprint density at radius 2 is 2.13 bits per heavy atom. The van der Waals surface area contributed by atoms with Gasteiger partial charge in [0.1, 0.15) is 0 Å². The number of carbonyl (C=O) groups is 1. The van der Waals surface area contributed by atoms with E-state index in [0.717, 1.165) is 24.1 Å². The van der Waals surface area contributed by atoms with Crippen molar-refractivity contribution in [2.75, 3.05) is 0 Å². The Bertz CT molecular complexity index is 397. The van der Waals surface area contributed by atoms with Crippen molar-refractivity contribution >= 4 is 5.97 Å². The minimum Gasteiger partial charge on any atom is -0.481 e. The van der Waals surface area contributed by atoms with Gasteiger partial charge in [0.2, 0.25) is 0 Å². The molecule has 0 unspecified atom stereocenters. The molecular weight excluding hydrogens is 192 g/mol. The van der Waals surface area contributed by atoms with Crippen LogP contribution in [-0.2, 0) is 15.6 Å². The molecular formula is C11H16N2O2. The van der Waals surface area contributed by atoms with Crippen LogP contribution in [0.25, 0.3) is 0 Å². The van der Waals surface area contributed by atoms with Gasteiger partial charge in [-0.25, -0.2) is 0 Å². The zero-order valence-corrected chi connectivity index (χ0v) is 9.29. The molecule has 0 saturated heterocycles. The number of nitrogens with one attached hydrogen (secondary N) is 1. The summed E-state index contributed by atoms with van der Waals surface area (Å²) in [7, 11) is 0. The van der Waals surface area contributed by atoms with E-state index in [2.05, 4.69) is 31.0 Å². The summed E-state index contributed by atoms with van der Waals surface area (Å²) in [5, 5.41) is 16.1. The number of carboxylic acid groups (broad SMARTS) is 1. The van der Waals surface area contributed by atoms with E-state index in [1.54, 1.807) is 6.20 Å². The lowest BCUT2D eigenvalue weighted by Gasteiger charge is -2.20. The zero-order valence-electron chi connectivity index (χ0n) is 9.29. The van der Waals surface area contributed by atoms with Crippen LogP contribution in [0.1, 0.15) is 44.9 Å². The molecule has 0 radical (unpaired) electrons. The molecule has 2 rings (SSSR count). The molecule has 0 bridgehead atoms. The molecule has 0 atom stereocenters. The molecule has 0 amide bonds. The number of hydrogen-bond donors (Lipinski definition) is 2. The molecule has 2 N–H and O–H groups in total. The molecule has 0 spiro atoms. The summed E-state index contributed by atoms with van der Waals surface area (Å²) in [6.45, 7) is 6.17. The number of carboxylic acids is 1. The van der Waals surface area contributed by atoms with E-state index in [9.17, 15) is 9.90 Å². The highest BCUT2D eigenvalue weighted by molar-refractivity contribution is 5.85. The van der Waals surface area contributed by atoms with Crippen molar-refractivity contribution in [1.29, 1.82) is 0 Å². The topological polar surface area (TPSA) is 66.0 Å². The summed E-state index contributed by atoms with van der Waals surface area (Å²) >= 11 is 0. The van der Waals surface area contributed by atoms with Crippen molar-refractivity contribution in [1.82, 2.24) is 10.2 Å². The number of rotatable bonds is 2. The molecule has 1 aromatic rings. The summed E-state index contributed by atoms with van der Waals surface area (Å²) in [5.74, 6) is -0.727. The number of hydrogen-bond acceptors (Lipinski definition) is 2. The Labute approximate surface area is 88.7 Å². The largest absolute Gasteiger partial charge is 0.481 e. The Kier molecular flexibility index (Phi) is 1.93. The summed E-state index contributed by atoms with van der Waals surface area (Å²) < 4.78 is 0. The van der Waals surface area contributed by atoms with Crippen molar-refractivity contribution in [2.45, 2.75) is 44.4 Å². The van der Waals surface area contributed by atoms with E-state index >= 15 is 0 Å². The van der Waals surface area contributed by atoms with Gasteiger partial charge >= 0.3 is 5.97 Å². The Morgan fingerprint density at radius 1 is 1.53 bits per heavy atom. The monoisotopic (exact) mass is 208 g/mol. The smallest absolute Gasteiger partial charge is 0.314 e. The van der Waals surface area contributed by atoms with Gasteiger partial charge in [-0.05, 0) is 12.8 Å². The Hall–Kier alpha value is -1.32. The standard InChI is InChI=1S/C11H16N2O2/c1-10(2,3)8-7(6-12-13-8)11(4-5-11)9(14)15/h6H,4-5H2,1-3H3,(H,12,13)(H,14,15). The molecule has 0 aromatic carbocycles. The predicted molar refractivity (Wildman–Crippen MR) is 55.8 cm³/mol. The Balaban J connectivity index is 2.47. The van der Waals surface area contributed by atoms with Crippen LogP contribution in [0.15, 0.2) is 6.20 Å². The summed E-state index contributed by atoms with van der Waals surface area (Å²) in [4.78, 5) is 11.2. The molecule has 1 aliphatic rings. The average Bonchev–Trinajstić information content (AvgIpc) is 2.75. The van der Waals surface area contributed by atoms with Crippen LogP contribution >= 0.6 is 0 Å². The molecule has 1 aromatic heterocycles. The minimum absolute atomic E-state index is 0.0864. The van der Waals surface area contributed by atoms with Gasteiger partial charge in [-0.15, -0.1) is 0 Å². The first-order valence-electron chi connectivity index (χ1n) is 5.16. The van der Waals surface area contributed by atoms with Crippen LogP contribution in [0.3, 0.4) is 0 Å². The molecule has 1 aliphatic carbocycles. The fourth-order valence-electron chi connectivity index (χ4n) is 1.94. The van der Waals surface area contributed by atoms with Crippen molar-refractivity contribution in [3.05, 3.63) is 17.5 Å². The normalized spacial score (nSPS) is 18.9. The first-order valence-corrected chi connectivity index (χ1v) is 5.16. The van der Waals surface area contributed by atoms with E-state index in [-0.39, 0.29) is 5.41 Å². The highest BCUT2D eigenvalue weighted by atomic mass is 16.4. The van der Waals surface area contributed by atoms with Gasteiger partial charge in [-0.1, -0.05) is 20.8 Å². The summed E-state index contributed by atoms with van der Waals surface area (Å²) in [6, 6.07) is 0. The van der Waals surface area contributed by atoms with Crippen molar-refractivity contribution in [2.24, 2.45) is 0 Å². The van der Waals surface area contributed by atoms with E-state index < -0.39 is 11.4 Å². The van der Waals surface area contributed by atoms with Gasteiger partial charge < -0.3 is 5.11 Å². The third-order valence-electron chi connectivity index (χ3n) is 3.06. The van der Waals surface area contributed by atoms with Crippen LogP contribution in [0, 0.1) is 0 Å². The SMILES string of the molecule is CC(C)(C)c1[nH]ncc1C1(C(=O)O)CC1. The average molecular weight is 208 g/mol. The van der Waals surface area contributed by atoms with Gasteiger partial charge in [0, 0.05) is 16.7 Å². The van der Waals surface area contributed by atoms with Crippen molar-refractivity contribution in [3.8, 4) is 0 Å². The second-order valence-electron chi connectivity index (χ2n) is 5.30. The fourth-order valence-corrected chi connectivity index (χ4v) is 1.94. The quantitative estimate of drug-likeness (QED) is 0.779. The fraction of sp³-hybridized carbons (Fsp3) is 0.636. The molecule has 1 saturated carbocycles. The molecule has 15 heavy (non-hydrogen) atoms. The van der Waals surface area contributed by atoms with Crippen LogP contribution in [0.4, 0.5) is 0 Å². The number of H-pyrrole nitrogens is 1. The first kappa shape index (κ1) is 10.2. The van der Waals surface area contributed by atoms with Gasteiger partial charge in [-0.3, -0.25) is 9.89 Å². The van der Waals surface area contributed by atoms with Crippen molar-refractivity contribution < 1.29 is 9.90 Å². The second kappa shape index (κ2) is 2.84. The number of aliphatic carboxylic acids is 1. The van der Waals surface area contributed by atoms with Gasteiger partial charge in [0.25, 0.3) is 0 Å². The summed E-state index contributed by atoms with van der Waals surface area (Å²) in [5.41, 5.74) is 1.07. The van der Waals surface area contributed by atoms with Gasteiger partial charge in [0.05, 0.1) is 11.6 Å². The first-order chi connectivity index (χ1) is 6.88. The maximum atomic E-state index is 11.2. The lowest BCUT2D eigenvalue weighted by molar-refractivity contribution is -0.140. The summed E-state index contributed by atoms with van der Waals surface area (Å²) in [6.07, 6.45) is 3.12. The van der Waals surface area contributed by atoms with E-state index in [4.69, 9.17) is 0 Å². The van der Waals surface area contributed by atoms with Crippen LogP contribution in [-0.4, -0.2) is 21.3 Å². The van der Waals surface area contributed by atoms with E-state index in [1.165, 1.54) is 0 Å². The Morgan fingerprint density at radius 3 is 2.53 bits per heavy atom. The van der Waals surface area contributed by atoms with Crippen LogP contribution < -0.4 is 0 Å². The number of aromatic amines is 1. The molecule has 4 nitrogen and oxygen atoms in total. The predicted octanol–water partition coefficient (Wildman–Crippen LogP) is 1.82. The van der Waals surface area contributed by atoms with Crippen LogP contribution in [0.2, 0.25) is 0 Å². The molecule has 1 heterocycles. The third kappa shape index (κ3) is 1.44. The molecule has 1 fully saturated rings. The van der Waals surface area contributed by atoms with Crippen molar-refractivity contribution in [3.63, 3.8) is 0 Å². The highest BCUT2D eigenvalue weighted by Crippen LogP contribution is 2.50. The lowest BCUT2D eigenvalue weighted by atomic mass is 9.84. The molecule has 4 heteroatoms. The van der Waals surface area contributed by atoms with Gasteiger partial charge in [0.15, 0.2) is 0 Å². The second-order valence-corrected chi connectivity index (χ2v) is 5.30. The molecule has 82 valence electrons. The highest BCUT2D eigenvalue weighted by Gasteiger charge is 2.54. The lowest BCUT2D eigenvalue weighted by Crippen LogP contribution is -2.24. The number of nitrogens with zero attached hydrogens (tertiary/aromatic N) is 1. The maximum Gasteiger partial charge on any atom is 0.314 e. The van der Waals surface area contributed by atoms with Gasteiger partial charge in [-0.2, -0.15) is 5.10 Å². The molecule has 0 aliphatic heterocycles. The van der Waals surface area contributed by atoms with E-state index in [0.29, 0.717) is 0 Å². The third-order valence-corrected chi connectivity index (χ3v) is 3.06. The van der Waals surface area contributed by atoms with E-state index in [1.807, 2.05) is 0 Å². The van der Waals surface area contributed by atoms with Crippen LogP contribution in [0.5, 0.6) is 0 Å².